The van der Waals surface area contributed by atoms with Crippen molar-refractivity contribution in [2.45, 2.75) is 50.1 Å². The highest BCUT2D eigenvalue weighted by atomic mass is 32.2. The lowest BCUT2D eigenvalue weighted by atomic mass is 10.1. The van der Waals surface area contributed by atoms with Gasteiger partial charge in [-0.1, -0.05) is 12.1 Å². The van der Waals surface area contributed by atoms with Crippen LogP contribution in [0.25, 0.3) is 0 Å². The van der Waals surface area contributed by atoms with Gasteiger partial charge in [0.2, 0.25) is 10.0 Å². The second-order valence-corrected chi connectivity index (χ2v) is 7.44. The smallest absolute Gasteiger partial charge is 0.243 e. The maximum Gasteiger partial charge on any atom is 0.243 e. The number of nitrogens with zero attached hydrogens (tertiary/aromatic N) is 1. The Labute approximate surface area is 126 Å². The number of nitrogens with two attached hydrogens (primary N) is 1. The van der Waals surface area contributed by atoms with Crippen LogP contribution in [0, 0.1) is 6.92 Å². The molecule has 1 aliphatic rings. The molecule has 21 heavy (non-hydrogen) atoms. The first-order chi connectivity index (χ1) is 10.0. The molecule has 0 bridgehead atoms. The molecule has 0 aromatic heterocycles. The average Bonchev–Trinajstić information content (AvgIpc) is 2.94. The third kappa shape index (κ3) is 3.45. The Balaban J connectivity index is 2.32. The monoisotopic (exact) mass is 312 g/mol. The maximum atomic E-state index is 12.9. The highest BCUT2D eigenvalue weighted by Gasteiger charge is 2.35. The summed E-state index contributed by atoms with van der Waals surface area (Å²) >= 11 is 0. The molecule has 0 spiro atoms. The molecule has 0 radical (unpaired) electrons. The first kappa shape index (κ1) is 16.4. The van der Waals surface area contributed by atoms with Gasteiger partial charge in [0.05, 0.1) is 4.90 Å². The van der Waals surface area contributed by atoms with Crippen molar-refractivity contribution in [3.05, 3.63) is 29.3 Å². The maximum absolute atomic E-state index is 12.9. The van der Waals surface area contributed by atoms with Crippen LogP contribution in [0.15, 0.2) is 23.1 Å². The van der Waals surface area contributed by atoms with Crippen LogP contribution < -0.4 is 5.73 Å². The largest absolute Gasteiger partial charge is 0.396 e. The van der Waals surface area contributed by atoms with Gasteiger partial charge in [-0.15, -0.1) is 0 Å². The van der Waals surface area contributed by atoms with Crippen molar-refractivity contribution in [2.24, 2.45) is 5.73 Å². The molecule has 3 N–H and O–H groups in total. The number of benzene rings is 1. The molecular weight excluding hydrogens is 288 g/mol. The zero-order chi connectivity index (χ0) is 15.5. The molecule has 5 nitrogen and oxygen atoms in total. The summed E-state index contributed by atoms with van der Waals surface area (Å²) in [5, 5.41) is 8.96. The van der Waals surface area contributed by atoms with Crippen LogP contribution in [0.3, 0.4) is 0 Å². The summed E-state index contributed by atoms with van der Waals surface area (Å²) in [6.45, 7) is 2.81. The Morgan fingerprint density at radius 3 is 2.86 bits per heavy atom. The zero-order valence-corrected chi connectivity index (χ0v) is 13.3. The van der Waals surface area contributed by atoms with E-state index in [1.165, 1.54) is 0 Å². The van der Waals surface area contributed by atoms with Crippen LogP contribution >= 0.6 is 0 Å². The summed E-state index contributed by atoms with van der Waals surface area (Å²) in [6.07, 6.45) is 3.10. The van der Waals surface area contributed by atoms with Crippen molar-refractivity contribution in [3.63, 3.8) is 0 Å². The van der Waals surface area contributed by atoms with E-state index in [9.17, 15) is 8.42 Å². The van der Waals surface area contributed by atoms with Gasteiger partial charge in [-0.3, -0.25) is 0 Å². The lowest BCUT2D eigenvalue weighted by Crippen LogP contribution is -2.36. The lowest BCUT2D eigenvalue weighted by molar-refractivity contribution is 0.264. The number of hydrogen-bond acceptors (Lipinski definition) is 4. The zero-order valence-electron chi connectivity index (χ0n) is 12.5. The second-order valence-electron chi connectivity index (χ2n) is 5.58. The van der Waals surface area contributed by atoms with Crippen LogP contribution in [-0.4, -0.2) is 37.0 Å². The number of aliphatic hydroxyl groups is 1. The predicted molar refractivity (Wildman–Crippen MR) is 82.3 cm³/mol. The summed E-state index contributed by atoms with van der Waals surface area (Å²) in [7, 11) is -3.49. The molecule has 1 saturated heterocycles. The molecule has 1 atom stereocenters. The van der Waals surface area contributed by atoms with Gasteiger partial charge in [-0.05, 0) is 49.8 Å². The average molecular weight is 312 g/mol. The number of aliphatic hydroxyl groups excluding tert-OH is 1. The number of hydrogen-bond donors (Lipinski definition) is 2. The Morgan fingerprint density at radius 1 is 1.43 bits per heavy atom. The third-order valence-corrected chi connectivity index (χ3v) is 6.19. The van der Waals surface area contributed by atoms with Gasteiger partial charge < -0.3 is 10.8 Å². The summed E-state index contributed by atoms with van der Waals surface area (Å²) in [4.78, 5) is 0.362. The van der Waals surface area contributed by atoms with Crippen molar-refractivity contribution >= 4 is 10.0 Å². The Hall–Kier alpha value is -0.950. The van der Waals surface area contributed by atoms with E-state index in [1.54, 1.807) is 10.4 Å². The van der Waals surface area contributed by atoms with Crippen LogP contribution in [0.1, 0.15) is 36.8 Å². The Kier molecular flexibility index (Phi) is 5.37. The second kappa shape index (κ2) is 6.87. The molecular formula is C15H24N2O3S. The molecule has 1 aromatic rings. The van der Waals surface area contributed by atoms with Gasteiger partial charge in [0.1, 0.15) is 0 Å². The van der Waals surface area contributed by atoms with Crippen molar-refractivity contribution in [1.29, 1.82) is 0 Å². The highest BCUT2D eigenvalue weighted by molar-refractivity contribution is 7.89. The molecule has 1 aromatic carbocycles. The van der Waals surface area contributed by atoms with E-state index in [0.717, 1.165) is 24.0 Å². The first-order valence-corrected chi connectivity index (χ1v) is 8.87. The van der Waals surface area contributed by atoms with Gasteiger partial charge >= 0.3 is 0 Å². The third-order valence-electron chi connectivity index (χ3n) is 4.09. The van der Waals surface area contributed by atoms with E-state index < -0.39 is 10.0 Å². The lowest BCUT2D eigenvalue weighted by Gasteiger charge is -2.25. The number of sulfonamides is 1. The molecule has 1 unspecified atom stereocenters. The summed E-state index contributed by atoms with van der Waals surface area (Å²) in [6, 6.07) is 5.37. The summed E-state index contributed by atoms with van der Waals surface area (Å²) in [5.41, 5.74) is 7.20. The van der Waals surface area contributed by atoms with E-state index in [1.807, 2.05) is 19.1 Å². The van der Waals surface area contributed by atoms with Gasteiger partial charge in [0.25, 0.3) is 0 Å². The molecule has 1 heterocycles. The van der Waals surface area contributed by atoms with Gasteiger partial charge in [0, 0.05) is 25.7 Å². The fourth-order valence-electron chi connectivity index (χ4n) is 2.92. The van der Waals surface area contributed by atoms with Crippen molar-refractivity contribution in [3.8, 4) is 0 Å². The quantitative estimate of drug-likeness (QED) is 0.831. The molecule has 0 aliphatic carbocycles. The molecule has 118 valence electrons. The van der Waals surface area contributed by atoms with Crippen LogP contribution in [-0.2, 0) is 16.6 Å². The molecule has 1 fully saturated rings. The van der Waals surface area contributed by atoms with Crippen LogP contribution in [0.5, 0.6) is 0 Å². The minimum absolute atomic E-state index is 0.00285. The SMILES string of the molecule is Cc1ccc(CN)cc1S(=O)(=O)N1CCCC1CCCO. The van der Waals surface area contributed by atoms with Crippen molar-refractivity contribution in [1.82, 2.24) is 4.31 Å². The number of rotatable bonds is 6. The van der Waals surface area contributed by atoms with Gasteiger partial charge in [-0.25, -0.2) is 8.42 Å². The molecule has 0 saturated carbocycles. The van der Waals surface area contributed by atoms with Crippen molar-refractivity contribution < 1.29 is 13.5 Å². The van der Waals surface area contributed by atoms with Gasteiger partial charge in [0.15, 0.2) is 0 Å². The van der Waals surface area contributed by atoms with Crippen LogP contribution in [0.4, 0.5) is 0 Å². The number of aryl methyl sites for hydroxylation is 1. The van der Waals surface area contributed by atoms with E-state index in [2.05, 4.69) is 0 Å². The van der Waals surface area contributed by atoms with E-state index in [0.29, 0.717) is 30.8 Å². The van der Waals surface area contributed by atoms with Gasteiger partial charge in [-0.2, -0.15) is 4.31 Å². The molecule has 2 rings (SSSR count). The minimum Gasteiger partial charge on any atom is -0.396 e. The first-order valence-electron chi connectivity index (χ1n) is 7.43. The molecule has 0 amide bonds. The summed E-state index contributed by atoms with van der Waals surface area (Å²) < 4.78 is 27.4. The highest BCUT2D eigenvalue weighted by Crippen LogP contribution is 2.30. The van der Waals surface area contributed by atoms with E-state index in [-0.39, 0.29) is 12.6 Å². The Morgan fingerprint density at radius 2 is 2.19 bits per heavy atom. The molecule has 6 heteroatoms. The van der Waals surface area contributed by atoms with E-state index in [4.69, 9.17) is 10.8 Å². The fraction of sp³-hybridized carbons (Fsp3) is 0.600. The molecule has 1 aliphatic heterocycles. The van der Waals surface area contributed by atoms with Crippen LogP contribution in [0.2, 0.25) is 0 Å². The Bertz CT molecular complexity index is 587. The minimum atomic E-state index is -3.49. The topological polar surface area (TPSA) is 83.6 Å². The fourth-order valence-corrected chi connectivity index (χ4v) is 4.92. The van der Waals surface area contributed by atoms with Crippen molar-refractivity contribution in [2.75, 3.05) is 13.2 Å². The predicted octanol–water partition coefficient (Wildman–Crippen LogP) is 1.38. The summed E-state index contributed by atoms with van der Waals surface area (Å²) in [5.74, 6) is 0. The van der Waals surface area contributed by atoms with E-state index >= 15 is 0 Å². The standard InChI is InChI=1S/C15H24N2O3S/c1-12-6-7-13(11-16)10-15(12)21(19,20)17-8-2-4-14(17)5-3-9-18/h6-7,10,14,18H,2-5,8-9,11,16H2,1H3. The normalized spacial score (nSPS) is 20.0.